The topological polar surface area (TPSA) is 47.1 Å². The van der Waals surface area contributed by atoms with Crippen molar-refractivity contribution in [3.05, 3.63) is 55.1 Å². The standard InChI is InChI=1S/C18H18N2O2/c1-3-11-22-16-10-9-13(12-17(16)21-4-2)18-19-14-7-5-6-8-15(14)20-18/h3,5-10,12H,1,4,11H2,2H3,(H,19,20). The van der Waals surface area contributed by atoms with Crippen LogP contribution in [0.4, 0.5) is 0 Å². The van der Waals surface area contributed by atoms with Crippen molar-refractivity contribution in [3.8, 4) is 22.9 Å². The molecule has 1 N–H and O–H groups in total. The summed E-state index contributed by atoms with van der Waals surface area (Å²) in [5.41, 5.74) is 2.93. The van der Waals surface area contributed by atoms with Crippen LogP contribution in [0.3, 0.4) is 0 Å². The van der Waals surface area contributed by atoms with Crippen LogP contribution in [0.25, 0.3) is 22.4 Å². The molecule has 3 rings (SSSR count). The van der Waals surface area contributed by atoms with Crippen molar-refractivity contribution in [2.24, 2.45) is 0 Å². The van der Waals surface area contributed by atoms with Crippen molar-refractivity contribution in [2.45, 2.75) is 6.92 Å². The normalized spacial score (nSPS) is 10.6. The summed E-state index contributed by atoms with van der Waals surface area (Å²) in [4.78, 5) is 7.93. The van der Waals surface area contributed by atoms with Gasteiger partial charge < -0.3 is 14.5 Å². The fourth-order valence-electron chi connectivity index (χ4n) is 2.28. The van der Waals surface area contributed by atoms with Gasteiger partial charge in [0.2, 0.25) is 0 Å². The minimum atomic E-state index is 0.448. The molecule has 0 radical (unpaired) electrons. The third kappa shape index (κ3) is 2.81. The molecule has 22 heavy (non-hydrogen) atoms. The summed E-state index contributed by atoms with van der Waals surface area (Å²) >= 11 is 0. The van der Waals surface area contributed by atoms with Gasteiger partial charge in [0.05, 0.1) is 17.6 Å². The van der Waals surface area contributed by atoms with Gasteiger partial charge in [-0.1, -0.05) is 24.8 Å². The lowest BCUT2D eigenvalue weighted by Crippen LogP contribution is -1.99. The summed E-state index contributed by atoms with van der Waals surface area (Å²) in [6.45, 7) is 6.64. The van der Waals surface area contributed by atoms with Gasteiger partial charge in [0.15, 0.2) is 11.5 Å². The second kappa shape index (κ2) is 6.35. The van der Waals surface area contributed by atoms with Crippen LogP contribution in [-0.4, -0.2) is 23.2 Å². The van der Waals surface area contributed by atoms with Crippen molar-refractivity contribution in [1.82, 2.24) is 9.97 Å². The second-order valence-corrected chi connectivity index (χ2v) is 4.80. The first kappa shape index (κ1) is 14.2. The summed E-state index contributed by atoms with van der Waals surface area (Å²) < 4.78 is 11.3. The van der Waals surface area contributed by atoms with Crippen LogP contribution in [-0.2, 0) is 0 Å². The highest BCUT2D eigenvalue weighted by atomic mass is 16.5. The van der Waals surface area contributed by atoms with E-state index in [0.29, 0.717) is 24.7 Å². The maximum atomic E-state index is 5.67. The number of nitrogens with one attached hydrogen (secondary N) is 1. The van der Waals surface area contributed by atoms with Gasteiger partial charge in [-0.15, -0.1) is 0 Å². The average Bonchev–Trinajstić information content (AvgIpc) is 2.98. The Morgan fingerprint density at radius 2 is 2.00 bits per heavy atom. The Bertz CT molecular complexity index is 760. The van der Waals surface area contributed by atoms with Crippen molar-refractivity contribution >= 4 is 11.0 Å². The molecule has 0 saturated carbocycles. The summed E-state index contributed by atoms with van der Waals surface area (Å²) in [6.07, 6.45) is 1.71. The molecule has 0 unspecified atom stereocenters. The van der Waals surface area contributed by atoms with Crippen LogP contribution in [0.5, 0.6) is 11.5 Å². The summed E-state index contributed by atoms with van der Waals surface area (Å²) in [5.74, 6) is 2.24. The molecular formula is C18H18N2O2. The van der Waals surface area contributed by atoms with E-state index in [1.165, 1.54) is 0 Å². The number of aromatic nitrogens is 2. The number of para-hydroxylation sites is 2. The van der Waals surface area contributed by atoms with Crippen LogP contribution >= 0.6 is 0 Å². The Morgan fingerprint density at radius 1 is 1.14 bits per heavy atom. The van der Waals surface area contributed by atoms with E-state index in [2.05, 4.69) is 16.5 Å². The fourth-order valence-corrected chi connectivity index (χ4v) is 2.28. The van der Waals surface area contributed by atoms with Crippen LogP contribution < -0.4 is 9.47 Å². The first-order valence-corrected chi connectivity index (χ1v) is 7.27. The molecule has 1 aromatic heterocycles. The van der Waals surface area contributed by atoms with Gasteiger partial charge in [-0.3, -0.25) is 0 Å². The van der Waals surface area contributed by atoms with Gasteiger partial charge in [0.25, 0.3) is 0 Å². The SMILES string of the molecule is C=CCOc1ccc(-c2nc3ccccc3[nH]2)cc1OCC. The van der Waals surface area contributed by atoms with Gasteiger partial charge in [-0.2, -0.15) is 0 Å². The van der Waals surface area contributed by atoms with Crippen molar-refractivity contribution in [1.29, 1.82) is 0 Å². The number of nitrogens with zero attached hydrogens (tertiary/aromatic N) is 1. The number of H-pyrrole nitrogens is 1. The molecule has 4 heteroatoms. The maximum Gasteiger partial charge on any atom is 0.161 e. The summed E-state index contributed by atoms with van der Waals surface area (Å²) in [6, 6.07) is 13.8. The van der Waals surface area contributed by atoms with E-state index in [9.17, 15) is 0 Å². The molecule has 0 amide bonds. The molecule has 0 aliphatic rings. The molecule has 0 aliphatic carbocycles. The van der Waals surface area contributed by atoms with Crippen molar-refractivity contribution < 1.29 is 9.47 Å². The number of ether oxygens (including phenoxy) is 2. The highest BCUT2D eigenvalue weighted by Crippen LogP contribution is 2.32. The van der Waals surface area contributed by atoms with E-state index in [-0.39, 0.29) is 0 Å². The monoisotopic (exact) mass is 294 g/mol. The molecule has 0 saturated heterocycles. The Labute approximate surface area is 129 Å². The molecule has 1 heterocycles. The molecule has 2 aromatic carbocycles. The fraction of sp³-hybridized carbons (Fsp3) is 0.167. The Balaban J connectivity index is 1.99. The zero-order chi connectivity index (χ0) is 15.4. The lowest BCUT2D eigenvalue weighted by molar-refractivity contribution is 0.297. The highest BCUT2D eigenvalue weighted by molar-refractivity contribution is 5.79. The van der Waals surface area contributed by atoms with Gasteiger partial charge in [0.1, 0.15) is 12.4 Å². The third-order valence-corrected chi connectivity index (χ3v) is 3.26. The smallest absolute Gasteiger partial charge is 0.161 e. The zero-order valence-corrected chi connectivity index (χ0v) is 12.5. The summed E-state index contributed by atoms with van der Waals surface area (Å²) in [5, 5.41) is 0. The Hall–Kier alpha value is -2.75. The molecule has 112 valence electrons. The van der Waals surface area contributed by atoms with Crippen LogP contribution in [0.15, 0.2) is 55.1 Å². The molecule has 3 aromatic rings. The van der Waals surface area contributed by atoms with Crippen molar-refractivity contribution in [2.75, 3.05) is 13.2 Å². The van der Waals surface area contributed by atoms with Crippen molar-refractivity contribution in [3.63, 3.8) is 0 Å². The predicted molar refractivity (Wildman–Crippen MR) is 88.4 cm³/mol. The minimum Gasteiger partial charge on any atom is -0.490 e. The maximum absolute atomic E-state index is 5.67. The van der Waals surface area contributed by atoms with Gasteiger partial charge >= 0.3 is 0 Å². The highest BCUT2D eigenvalue weighted by Gasteiger charge is 2.10. The average molecular weight is 294 g/mol. The van der Waals surface area contributed by atoms with Gasteiger partial charge in [0, 0.05) is 5.56 Å². The first-order valence-electron chi connectivity index (χ1n) is 7.27. The lowest BCUT2D eigenvalue weighted by atomic mass is 10.2. The lowest BCUT2D eigenvalue weighted by Gasteiger charge is -2.11. The third-order valence-electron chi connectivity index (χ3n) is 3.26. The Morgan fingerprint density at radius 3 is 2.77 bits per heavy atom. The Kier molecular flexibility index (Phi) is 4.10. The largest absolute Gasteiger partial charge is 0.490 e. The number of hydrogen-bond donors (Lipinski definition) is 1. The van der Waals surface area contributed by atoms with E-state index < -0.39 is 0 Å². The number of imidazole rings is 1. The molecule has 0 fully saturated rings. The number of rotatable bonds is 6. The first-order chi connectivity index (χ1) is 10.8. The zero-order valence-electron chi connectivity index (χ0n) is 12.5. The molecule has 0 spiro atoms. The molecule has 0 aliphatic heterocycles. The number of hydrogen-bond acceptors (Lipinski definition) is 3. The molecule has 4 nitrogen and oxygen atoms in total. The van der Waals surface area contributed by atoms with Gasteiger partial charge in [-0.25, -0.2) is 4.98 Å². The molecule has 0 atom stereocenters. The quantitative estimate of drug-likeness (QED) is 0.693. The van der Waals surface area contributed by atoms with Crippen LogP contribution in [0.1, 0.15) is 6.92 Å². The van der Waals surface area contributed by atoms with E-state index in [1.54, 1.807) is 6.08 Å². The minimum absolute atomic E-state index is 0.448. The summed E-state index contributed by atoms with van der Waals surface area (Å²) in [7, 11) is 0. The molecule has 0 bridgehead atoms. The predicted octanol–water partition coefficient (Wildman–Crippen LogP) is 4.19. The molecular weight excluding hydrogens is 276 g/mol. The van der Waals surface area contributed by atoms with E-state index in [4.69, 9.17) is 9.47 Å². The van der Waals surface area contributed by atoms with E-state index >= 15 is 0 Å². The van der Waals surface area contributed by atoms with Gasteiger partial charge in [-0.05, 0) is 37.3 Å². The van der Waals surface area contributed by atoms with E-state index in [1.807, 2.05) is 49.4 Å². The second-order valence-electron chi connectivity index (χ2n) is 4.80. The van der Waals surface area contributed by atoms with Crippen LogP contribution in [0, 0.1) is 0 Å². The van der Waals surface area contributed by atoms with Crippen LogP contribution in [0.2, 0.25) is 0 Å². The van der Waals surface area contributed by atoms with E-state index in [0.717, 1.165) is 22.4 Å². The number of fused-ring (bicyclic) bond motifs is 1. The number of aromatic amines is 1. The number of benzene rings is 2.